The standard InChI is InChI=1S/C14H24N2O4S/c1-7-9(3)15-21(18,19)13-10(4)12(14(17)20-8-2)16(6)11(13)5/h9,15H,7-8H2,1-6H3/t9-/m0/s1. The van der Waals surface area contributed by atoms with Gasteiger partial charge in [0.15, 0.2) is 0 Å². The van der Waals surface area contributed by atoms with Crippen molar-refractivity contribution >= 4 is 16.0 Å². The van der Waals surface area contributed by atoms with Crippen LogP contribution in [0.5, 0.6) is 0 Å². The van der Waals surface area contributed by atoms with E-state index in [0.29, 0.717) is 17.7 Å². The molecule has 0 fully saturated rings. The summed E-state index contributed by atoms with van der Waals surface area (Å²) in [6, 6.07) is -0.167. The van der Waals surface area contributed by atoms with Crippen molar-refractivity contribution in [2.45, 2.75) is 52.0 Å². The molecule has 1 aromatic rings. The summed E-state index contributed by atoms with van der Waals surface area (Å²) in [5.41, 5.74) is 1.22. The second kappa shape index (κ2) is 6.62. The lowest BCUT2D eigenvalue weighted by Crippen LogP contribution is -2.32. The number of nitrogens with one attached hydrogen (secondary N) is 1. The van der Waals surface area contributed by atoms with Gasteiger partial charge in [0.25, 0.3) is 0 Å². The minimum atomic E-state index is -3.66. The van der Waals surface area contributed by atoms with Gasteiger partial charge in [0.2, 0.25) is 10.0 Å². The van der Waals surface area contributed by atoms with E-state index in [0.717, 1.165) is 0 Å². The first kappa shape index (κ1) is 17.7. The Labute approximate surface area is 126 Å². The van der Waals surface area contributed by atoms with E-state index in [4.69, 9.17) is 4.74 Å². The van der Waals surface area contributed by atoms with Crippen molar-refractivity contribution in [1.82, 2.24) is 9.29 Å². The fraction of sp³-hybridized carbons (Fsp3) is 0.643. The molecule has 0 aliphatic carbocycles. The molecule has 0 aliphatic heterocycles. The number of hydrogen-bond acceptors (Lipinski definition) is 4. The monoisotopic (exact) mass is 316 g/mol. The number of carbonyl (C=O) groups is 1. The SMILES string of the molecule is CCOC(=O)c1c(C)c(S(=O)(=O)N[C@@H](C)CC)c(C)n1C. The predicted octanol–water partition coefficient (Wildman–Crippen LogP) is 1.90. The highest BCUT2D eigenvalue weighted by Crippen LogP contribution is 2.26. The Morgan fingerprint density at radius 1 is 1.33 bits per heavy atom. The lowest BCUT2D eigenvalue weighted by Gasteiger charge is -2.12. The van der Waals surface area contributed by atoms with Crippen LogP contribution in [0.2, 0.25) is 0 Å². The van der Waals surface area contributed by atoms with Crippen LogP contribution in [0.15, 0.2) is 4.90 Å². The number of hydrogen-bond donors (Lipinski definition) is 1. The molecule has 0 radical (unpaired) electrons. The Balaban J connectivity index is 3.40. The summed E-state index contributed by atoms with van der Waals surface area (Å²) in [6.45, 7) is 8.98. The molecule has 120 valence electrons. The maximum atomic E-state index is 12.5. The highest BCUT2D eigenvalue weighted by Gasteiger charge is 2.29. The van der Waals surface area contributed by atoms with Gasteiger partial charge in [-0.3, -0.25) is 0 Å². The lowest BCUT2D eigenvalue weighted by atomic mass is 10.2. The zero-order valence-electron chi connectivity index (χ0n) is 13.5. The Morgan fingerprint density at radius 2 is 1.90 bits per heavy atom. The average Bonchev–Trinajstić information content (AvgIpc) is 2.60. The van der Waals surface area contributed by atoms with E-state index in [9.17, 15) is 13.2 Å². The summed E-state index contributed by atoms with van der Waals surface area (Å²) in [5, 5.41) is 0. The van der Waals surface area contributed by atoms with Gasteiger partial charge in [0.05, 0.1) is 6.61 Å². The van der Waals surface area contributed by atoms with Gasteiger partial charge in [0, 0.05) is 24.3 Å². The molecule has 0 aromatic carbocycles. The Bertz CT molecular complexity index is 632. The van der Waals surface area contributed by atoms with Crippen molar-refractivity contribution in [1.29, 1.82) is 0 Å². The maximum Gasteiger partial charge on any atom is 0.355 e. The number of sulfonamides is 1. The molecule has 0 saturated carbocycles. The molecule has 0 bridgehead atoms. The Morgan fingerprint density at radius 3 is 2.38 bits per heavy atom. The van der Waals surface area contributed by atoms with E-state index >= 15 is 0 Å². The van der Waals surface area contributed by atoms with Crippen LogP contribution >= 0.6 is 0 Å². The molecule has 21 heavy (non-hydrogen) atoms. The third-order valence-corrected chi connectivity index (χ3v) is 5.42. The molecule has 1 aromatic heterocycles. The highest BCUT2D eigenvalue weighted by atomic mass is 32.2. The molecule has 1 rings (SSSR count). The lowest BCUT2D eigenvalue weighted by molar-refractivity contribution is 0.0514. The van der Waals surface area contributed by atoms with Crippen molar-refractivity contribution in [3.8, 4) is 0 Å². The van der Waals surface area contributed by atoms with Crippen LogP contribution < -0.4 is 4.72 Å². The molecule has 0 unspecified atom stereocenters. The maximum absolute atomic E-state index is 12.5. The van der Waals surface area contributed by atoms with Gasteiger partial charge in [-0.15, -0.1) is 0 Å². The topological polar surface area (TPSA) is 77.4 Å². The highest BCUT2D eigenvalue weighted by molar-refractivity contribution is 7.89. The van der Waals surface area contributed by atoms with Gasteiger partial charge in [-0.25, -0.2) is 17.9 Å². The van der Waals surface area contributed by atoms with Crippen LogP contribution in [-0.2, 0) is 21.8 Å². The summed E-state index contributed by atoms with van der Waals surface area (Å²) < 4.78 is 34.2. The molecule has 1 atom stereocenters. The van der Waals surface area contributed by atoms with E-state index in [1.165, 1.54) is 0 Å². The van der Waals surface area contributed by atoms with Crippen LogP contribution in [0.4, 0.5) is 0 Å². The predicted molar refractivity (Wildman–Crippen MR) is 80.9 cm³/mol. The third-order valence-electron chi connectivity index (χ3n) is 3.57. The number of rotatable bonds is 6. The number of carbonyl (C=O) groups excluding carboxylic acids is 1. The van der Waals surface area contributed by atoms with Crippen LogP contribution in [0.3, 0.4) is 0 Å². The molecule has 6 nitrogen and oxygen atoms in total. The van der Waals surface area contributed by atoms with Gasteiger partial charge in [0.1, 0.15) is 10.6 Å². The molecule has 0 saturated heterocycles. The largest absolute Gasteiger partial charge is 0.461 e. The molecular weight excluding hydrogens is 292 g/mol. The molecule has 0 aliphatic rings. The van der Waals surface area contributed by atoms with Gasteiger partial charge in [-0.2, -0.15) is 0 Å². The fourth-order valence-corrected chi connectivity index (χ4v) is 4.08. The Hall–Kier alpha value is -1.34. The van der Waals surface area contributed by atoms with Gasteiger partial charge >= 0.3 is 5.97 Å². The van der Waals surface area contributed by atoms with Crippen molar-refractivity contribution in [2.75, 3.05) is 6.61 Å². The van der Waals surface area contributed by atoms with Gasteiger partial charge in [-0.05, 0) is 34.1 Å². The summed E-state index contributed by atoms with van der Waals surface area (Å²) in [7, 11) is -2.00. The number of nitrogens with zero attached hydrogens (tertiary/aromatic N) is 1. The van der Waals surface area contributed by atoms with Crippen molar-refractivity contribution in [3.63, 3.8) is 0 Å². The first-order chi connectivity index (χ1) is 9.67. The van der Waals surface area contributed by atoms with Crippen LogP contribution in [0, 0.1) is 13.8 Å². The number of ether oxygens (including phenoxy) is 1. The number of aromatic nitrogens is 1. The summed E-state index contributed by atoms with van der Waals surface area (Å²) in [4.78, 5) is 12.2. The summed E-state index contributed by atoms with van der Waals surface area (Å²) in [5.74, 6) is -0.509. The summed E-state index contributed by atoms with van der Waals surface area (Å²) in [6.07, 6.45) is 0.689. The summed E-state index contributed by atoms with van der Waals surface area (Å²) >= 11 is 0. The van der Waals surface area contributed by atoms with E-state index in [1.807, 2.05) is 6.92 Å². The normalized spacial score (nSPS) is 13.2. The van der Waals surface area contributed by atoms with E-state index in [1.54, 1.807) is 39.3 Å². The minimum Gasteiger partial charge on any atom is -0.461 e. The molecular formula is C14H24N2O4S. The molecule has 0 amide bonds. The average molecular weight is 316 g/mol. The van der Waals surface area contributed by atoms with Crippen LogP contribution in [0.25, 0.3) is 0 Å². The van der Waals surface area contributed by atoms with Crippen LogP contribution in [-0.4, -0.2) is 31.6 Å². The van der Waals surface area contributed by atoms with Crippen LogP contribution in [0.1, 0.15) is 48.9 Å². The Kier molecular flexibility index (Phi) is 5.58. The third kappa shape index (κ3) is 3.47. The molecule has 7 heteroatoms. The van der Waals surface area contributed by atoms with Gasteiger partial charge in [-0.1, -0.05) is 6.92 Å². The molecule has 1 N–H and O–H groups in total. The quantitative estimate of drug-likeness (QED) is 0.813. The van der Waals surface area contributed by atoms with Gasteiger partial charge < -0.3 is 9.30 Å². The van der Waals surface area contributed by atoms with E-state index < -0.39 is 16.0 Å². The van der Waals surface area contributed by atoms with E-state index in [2.05, 4.69) is 4.72 Å². The second-order valence-electron chi connectivity index (χ2n) is 5.10. The van der Waals surface area contributed by atoms with Crippen molar-refractivity contribution < 1.29 is 17.9 Å². The zero-order valence-corrected chi connectivity index (χ0v) is 14.3. The van der Waals surface area contributed by atoms with Crippen molar-refractivity contribution in [3.05, 3.63) is 17.0 Å². The first-order valence-corrected chi connectivity index (χ1v) is 8.50. The molecule has 1 heterocycles. The minimum absolute atomic E-state index is 0.161. The fourth-order valence-electron chi connectivity index (χ4n) is 2.24. The van der Waals surface area contributed by atoms with Crippen molar-refractivity contribution in [2.24, 2.45) is 7.05 Å². The first-order valence-electron chi connectivity index (χ1n) is 7.02. The smallest absolute Gasteiger partial charge is 0.355 e. The zero-order chi connectivity index (χ0) is 16.4. The second-order valence-corrected chi connectivity index (χ2v) is 6.75. The van der Waals surface area contributed by atoms with E-state index in [-0.39, 0.29) is 23.2 Å². The molecule has 0 spiro atoms. The number of esters is 1.